The van der Waals surface area contributed by atoms with Gasteiger partial charge in [0.25, 0.3) is 0 Å². The highest BCUT2D eigenvalue weighted by atomic mass is 16.5. The predicted octanol–water partition coefficient (Wildman–Crippen LogP) is 5.90. The Morgan fingerprint density at radius 1 is 0.731 bits per heavy atom. The molecule has 0 N–H and O–H groups in total. The largest absolute Gasteiger partial charge is 0.489 e. The lowest BCUT2D eigenvalue weighted by molar-refractivity contribution is 0.112. The van der Waals surface area contributed by atoms with Crippen molar-refractivity contribution in [1.82, 2.24) is 0 Å². The lowest BCUT2D eigenvalue weighted by atomic mass is 9.97. The third kappa shape index (κ3) is 3.35. The number of hydrogen-bond acceptors (Lipinski definition) is 2. The van der Waals surface area contributed by atoms with Crippen molar-refractivity contribution in [2.75, 3.05) is 0 Å². The molecule has 0 saturated carbocycles. The summed E-state index contributed by atoms with van der Waals surface area (Å²) in [5, 5.41) is 2.35. The number of hydrogen-bond donors (Lipinski definition) is 0. The number of benzene rings is 4. The van der Waals surface area contributed by atoms with Crippen molar-refractivity contribution in [3.63, 3.8) is 0 Å². The van der Waals surface area contributed by atoms with Crippen LogP contribution in [0.15, 0.2) is 91.0 Å². The Hall–Kier alpha value is -3.39. The van der Waals surface area contributed by atoms with E-state index >= 15 is 0 Å². The SMILES string of the molecule is O=Cc1cc(OCc2ccccc2)ccc1-c1ccc2ccccc2c1. The summed E-state index contributed by atoms with van der Waals surface area (Å²) in [6.45, 7) is 0.481. The fourth-order valence-electron chi connectivity index (χ4n) is 3.09. The molecule has 0 aliphatic heterocycles. The Kier molecular flexibility index (Phi) is 4.48. The number of carbonyl (C=O) groups is 1. The average molecular weight is 338 g/mol. The molecular formula is C24H18O2. The van der Waals surface area contributed by atoms with Crippen LogP contribution >= 0.6 is 0 Å². The highest BCUT2D eigenvalue weighted by Gasteiger charge is 2.08. The summed E-state index contributed by atoms with van der Waals surface area (Å²) in [6, 6.07) is 30.1. The van der Waals surface area contributed by atoms with E-state index in [0.717, 1.165) is 28.4 Å². The van der Waals surface area contributed by atoms with Gasteiger partial charge in [-0.3, -0.25) is 4.79 Å². The minimum atomic E-state index is 0.481. The minimum absolute atomic E-state index is 0.481. The maximum atomic E-state index is 11.6. The molecule has 0 spiro atoms. The van der Waals surface area contributed by atoms with Gasteiger partial charge in [-0.25, -0.2) is 0 Å². The Balaban J connectivity index is 1.63. The lowest BCUT2D eigenvalue weighted by Gasteiger charge is -2.11. The van der Waals surface area contributed by atoms with Crippen molar-refractivity contribution in [1.29, 1.82) is 0 Å². The van der Waals surface area contributed by atoms with Gasteiger partial charge in [0, 0.05) is 5.56 Å². The van der Waals surface area contributed by atoms with Crippen molar-refractivity contribution < 1.29 is 9.53 Å². The number of aldehydes is 1. The number of carbonyl (C=O) groups excluding carboxylic acids is 1. The second kappa shape index (κ2) is 7.24. The molecule has 4 aromatic rings. The summed E-state index contributed by atoms with van der Waals surface area (Å²) in [5.74, 6) is 0.695. The van der Waals surface area contributed by atoms with Crippen molar-refractivity contribution in [3.05, 3.63) is 102 Å². The summed E-state index contributed by atoms with van der Waals surface area (Å²) in [5.41, 5.74) is 3.67. The molecule has 0 unspecified atom stereocenters. The average Bonchev–Trinajstić information content (AvgIpc) is 2.72. The second-order valence-corrected chi connectivity index (χ2v) is 6.20. The zero-order valence-corrected chi connectivity index (χ0v) is 14.3. The number of ether oxygens (including phenoxy) is 1. The van der Waals surface area contributed by atoms with Crippen LogP contribution in [0.2, 0.25) is 0 Å². The molecule has 0 heterocycles. The number of fused-ring (bicyclic) bond motifs is 1. The quantitative estimate of drug-likeness (QED) is 0.424. The summed E-state index contributed by atoms with van der Waals surface area (Å²) in [4.78, 5) is 11.6. The maximum absolute atomic E-state index is 11.6. The van der Waals surface area contributed by atoms with E-state index in [9.17, 15) is 4.79 Å². The lowest BCUT2D eigenvalue weighted by Crippen LogP contribution is -1.96. The van der Waals surface area contributed by atoms with Gasteiger partial charge >= 0.3 is 0 Å². The van der Waals surface area contributed by atoms with E-state index in [4.69, 9.17) is 4.74 Å². The van der Waals surface area contributed by atoms with Gasteiger partial charge in [0.1, 0.15) is 12.4 Å². The Morgan fingerprint density at radius 2 is 1.50 bits per heavy atom. The van der Waals surface area contributed by atoms with Gasteiger partial charge in [-0.05, 0) is 51.7 Å². The highest BCUT2D eigenvalue weighted by molar-refractivity contribution is 5.92. The van der Waals surface area contributed by atoms with Crippen LogP contribution in [0.25, 0.3) is 21.9 Å². The maximum Gasteiger partial charge on any atom is 0.150 e. The Morgan fingerprint density at radius 3 is 2.31 bits per heavy atom. The van der Waals surface area contributed by atoms with Crippen LogP contribution in [0.3, 0.4) is 0 Å². The van der Waals surface area contributed by atoms with Crippen LogP contribution in [0, 0.1) is 0 Å². The highest BCUT2D eigenvalue weighted by Crippen LogP contribution is 2.29. The van der Waals surface area contributed by atoms with Crippen LogP contribution in [0.5, 0.6) is 5.75 Å². The van der Waals surface area contributed by atoms with Gasteiger partial charge in [0.2, 0.25) is 0 Å². The molecule has 0 amide bonds. The molecule has 2 nitrogen and oxygen atoms in total. The Labute approximate surface area is 152 Å². The van der Waals surface area contributed by atoms with Crippen molar-refractivity contribution in [2.45, 2.75) is 6.61 Å². The molecule has 0 bridgehead atoms. The van der Waals surface area contributed by atoms with E-state index in [1.165, 1.54) is 5.39 Å². The first-order valence-electron chi connectivity index (χ1n) is 8.58. The molecule has 2 heteroatoms. The molecule has 4 aromatic carbocycles. The summed E-state index contributed by atoms with van der Waals surface area (Å²) < 4.78 is 5.84. The fraction of sp³-hybridized carbons (Fsp3) is 0.0417. The van der Waals surface area contributed by atoms with E-state index in [0.29, 0.717) is 17.9 Å². The van der Waals surface area contributed by atoms with Crippen LogP contribution in [0.4, 0.5) is 0 Å². The van der Waals surface area contributed by atoms with Crippen LogP contribution < -0.4 is 4.74 Å². The molecule has 0 radical (unpaired) electrons. The molecule has 0 aliphatic rings. The van der Waals surface area contributed by atoms with Gasteiger partial charge in [-0.15, -0.1) is 0 Å². The standard InChI is InChI=1S/C24H18O2/c25-16-22-15-23(26-17-18-6-2-1-3-7-18)12-13-24(22)21-11-10-19-8-4-5-9-20(19)14-21/h1-16H,17H2. The molecule has 0 aliphatic carbocycles. The monoisotopic (exact) mass is 338 g/mol. The van der Waals surface area contributed by atoms with Crippen LogP contribution in [-0.4, -0.2) is 6.29 Å². The summed E-state index contributed by atoms with van der Waals surface area (Å²) in [7, 11) is 0. The van der Waals surface area contributed by atoms with Gasteiger partial charge < -0.3 is 4.74 Å². The zero-order valence-electron chi connectivity index (χ0n) is 14.3. The van der Waals surface area contributed by atoms with E-state index in [-0.39, 0.29) is 0 Å². The van der Waals surface area contributed by atoms with Gasteiger partial charge in [-0.2, -0.15) is 0 Å². The molecule has 26 heavy (non-hydrogen) atoms. The minimum Gasteiger partial charge on any atom is -0.489 e. The first kappa shape index (κ1) is 16.1. The summed E-state index contributed by atoms with van der Waals surface area (Å²) >= 11 is 0. The van der Waals surface area contributed by atoms with Gasteiger partial charge in [0.15, 0.2) is 6.29 Å². The molecule has 0 fully saturated rings. The first-order chi connectivity index (χ1) is 12.8. The molecule has 4 rings (SSSR count). The van der Waals surface area contributed by atoms with Gasteiger partial charge in [-0.1, -0.05) is 66.7 Å². The molecular weight excluding hydrogens is 320 g/mol. The predicted molar refractivity (Wildman–Crippen MR) is 106 cm³/mol. The van der Waals surface area contributed by atoms with Crippen LogP contribution in [-0.2, 0) is 6.61 Å². The zero-order chi connectivity index (χ0) is 17.8. The molecule has 0 saturated heterocycles. The third-order valence-electron chi connectivity index (χ3n) is 4.46. The molecule has 0 aromatic heterocycles. The van der Waals surface area contributed by atoms with Crippen molar-refractivity contribution in [3.8, 4) is 16.9 Å². The topological polar surface area (TPSA) is 26.3 Å². The fourth-order valence-corrected chi connectivity index (χ4v) is 3.09. The van der Waals surface area contributed by atoms with Crippen molar-refractivity contribution >= 4 is 17.1 Å². The first-order valence-corrected chi connectivity index (χ1v) is 8.58. The van der Waals surface area contributed by atoms with Gasteiger partial charge in [0.05, 0.1) is 0 Å². The molecule has 0 atom stereocenters. The van der Waals surface area contributed by atoms with E-state index in [2.05, 4.69) is 30.3 Å². The van der Waals surface area contributed by atoms with E-state index in [1.54, 1.807) is 6.07 Å². The van der Waals surface area contributed by atoms with Crippen molar-refractivity contribution in [2.24, 2.45) is 0 Å². The normalized spacial score (nSPS) is 10.6. The number of rotatable bonds is 5. The second-order valence-electron chi connectivity index (χ2n) is 6.20. The van der Waals surface area contributed by atoms with Crippen LogP contribution in [0.1, 0.15) is 15.9 Å². The van der Waals surface area contributed by atoms with E-state index in [1.807, 2.05) is 54.6 Å². The van der Waals surface area contributed by atoms with E-state index < -0.39 is 0 Å². The molecule has 126 valence electrons. The summed E-state index contributed by atoms with van der Waals surface area (Å²) in [6.07, 6.45) is 0.889. The Bertz CT molecular complexity index is 1050. The smallest absolute Gasteiger partial charge is 0.150 e. The third-order valence-corrected chi connectivity index (χ3v) is 4.46.